The molecular weight excluding hydrogens is 308 g/mol. The van der Waals surface area contributed by atoms with Crippen LogP contribution in [0, 0.1) is 0 Å². The molecule has 2 rings (SSSR count). The zero-order chi connectivity index (χ0) is 17.5. The summed E-state index contributed by atoms with van der Waals surface area (Å²) in [5.74, 6) is 1.46. The highest BCUT2D eigenvalue weighted by Gasteiger charge is 2.21. The lowest BCUT2D eigenvalue weighted by Crippen LogP contribution is -2.30. The number of hydrogen-bond acceptors (Lipinski definition) is 5. The minimum Gasteiger partial charge on any atom is -0.354 e. The first-order chi connectivity index (χ1) is 11.5. The molecule has 2 heterocycles. The van der Waals surface area contributed by atoms with Gasteiger partial charge >= 0.3 is 0 Å². The summed E-state index contributed by atoms with van der Waals surface area (Å²) in [6, 6.07) is 0.123. The van der Waals surface area contributed by atoms with Crippen molar-refractivity contribution in [1.82, 2.24) is 25.4 Å². The maximum atomic E-state index is 12.0. The summed E-state index contributed by atoms with van der Waals surface area (Å²) in [4.78, 5) is 28.0. The lowest BCUT2D eigenvalue weighted by molar-refractivity contribution is -0.121. The fourth-order valence-electron chi connectivity index (χ4n) is 2.76. The quantitative estimate of drug-likeness (QED) is 0.687. The Kier molecular flexibility index (Phi) is 6.72. The average Bonchev–Trinajstić information content (AvgIpc) is 2.88. The Labute approximate surface area is 142 Å². The fourth-order valence-corrected chi connectivity index (χ4v) is 2.76. The minimum absolute atomic E-state index is 0.0235. The predicted octanol–water partition coefficient (Wildman–Crippen LogP) is 0.915. The number of rotatable bonds is 7. The normalized spacial score (nSPS) is 15.5. The van der Waals surface area contributed by atoms with Crippen LogP contribution < -0.4 is 16.0 Å². The molecule has 0 spiro atoms. The van der Waals surface area contributed by atoms with Crippen LogP contribution in [-0.4, -0.2) is 45.7 Å². The van der Waals surface area contributed by atoms with Gasteiger partial charge < -0.3 is 10.6 Å². The largest absolute Gasteiger partial charge is 0.354 e. The van der Waals surface area contributed by atoms with Gasteiger partial charge in [0.25, 0.3) is 0 Å². The molecule has 1 aromatic heterocycles. The predicted molar refractivity (Wildman–Crippen MR) is 91.6 cm³/mol. The molecule has 134 valence electrons. The molecule has 0 bridgehead atoms. The van der Waals surface area contributed by atoms with E-state index in [9.17, 15) is 9.59 Å². The Hall–Kier alpha value is -1.96. The van der Waals surface area contributed by atoms with E-state index in [4.69, 9.17) is 0 Å². The molecule has 0 atom stereocenters. The number of carbonyl (C=O) groups excluding carboxylic acids is 2. The van der Waals surface area contributed by atoms with Gasteiger partial charge in [0.1, 0.15) is 0 Å². The minimum atomic E-state index is -0.139. The van der Waals surface area contributed by atoms with Gasteiger partial charge in [-0.05, 0) is 46.2 Å². The summed E-state index contributed by atoms with van der Waals surface area (Å²) in [6.07, 6.45) is 3.19. The number of nitrogens with zero attached hydrogens (tertiary/aromatic N) is 3. The van der Waals surface area contributed by atoms with E-state index >= 15 is 0 Å². The molecule has 3 N–H and O–H groups in total. The standard InChI is InChI=1S/C16H28N6O2/c1-11(2)18-13(23)5-4-6-14(24)19-16-20-15(21-22(16)3)12-7-9-17-10-8-12/h11-12,17H,4-10H2,1-3H3,(H,18,23)(H,19,20,21,24). The van der Waals surface area contributed by atoms with Crippen LogP contribution in [0.4, 0.5) is 5.95 Å². The summed E-state index contributed by atoms with van der Waals surface area (Å²) in [5, 5.41) is 13.3. The second kappa shape index (κ2) is 8.77. The van der Waals surface area contributed by atoms with Gasteiger partial charge in [-0.25, -0.2) is 4.68 Å². The summed E-state index contributed by atoms with van der Waals surface area (Å²) in [6.45, 7) is 5.78. The number of aromatic nitrogens is 3. The first kappa shape index (κ1) is 18.4. The molecule has 0 saturated carbocycles. The van der Waals surface area contributed by atoms with Crippen molar-refractivity contribution in [2.24, 2.45) is 7.05 Å². The van der Waals surface area contributed by atoms with E-state index in [2.05, 4.69) is 26.0 Å². The molecule has 1 saturated heterocycles. The summed E-state index contributed by atoms with van der Waals surface area (Å²) < 4.78 is 1.61. The van der Waals surface area contributed by atoms with Crippen LogP contribution in [0.3, 0.4) is 0 Å². The number of hydrogen-bond donors (Lipinski definition) is 3. The molecule has 1 aromatic rings. The monoisotopic (exact) mass is 336 g/mol. The van der Waals surface area contributed by atoms with Gasteiger partial charge in [0, 0.05) is 31.8 Å². The molecule has 24 heavy (non-hydrogen) atoms. The van der Waals surface area contributed by atoms with Crippen molar-refractivity contribution in [3.8, 4) is 0 Å². The van der Waals surface area contributed by atoms with E-state index in [1.807, 2.05) is 13.8 Å². The first-order valence-electron chi connectivity index (χ1n) is 8.66. The number of aryl methyl sites for hydroxylation is 1. The van der Waals surface area contributed by atoms with Crippen molar-refractivity contribution < 1.29 is 9.59 Å². The lowest BCUT2D eigenvalue weighted by Gasteiger charge is -2.19. The maximum absolute atomic E-state index is 12.0. The van der Waals surface area contributed by atoms with Crippen molar-refractivity contribution in [2.45, 2.75) is 57.9 Å². The molecule has 1 aliphatic rings. The molecule has 0 unspecified atom stereocenters. The second-order valence-electron chi connectivity index (χ2n) is 6.57. The highest BCUT2D eigenvalue weighted by Crippen LogP contribution is 2.23. The zero-order valence-electron chi connectivity index (χ0n) is 14.8. The van der Waals surface area contributed by atoms with Crippen LogP contribution in [0.15, 0.2) is 0 Å². The Morgan fingerprint density at radius 2 is 1.92 bits per heavy atom. The molecule has 2 amide bonds. The third-order valence-electron chi connectivity index (χ3n) is 3.99. The van der Waals surface area contributed by atoms with Crippen LogP contribution in [0.25, 0.3) is 0 Å². The molecule has 8 nitrogen and oxygen atoms in total. The van der Waals surface area contributed by atoms with Gasteiger partial charge in [-0.1, -0.05) is 0 Å². The van der Waals surface area contributed by atoms with Gasteiger partial charge in [0.15, 0.2) is 5.82 Å². The molecule has 8 heteroatoms. The average molecular weight is 336 g/mol. The van der Waals surface area contributed by atoms with Crippen LogP contribution in [0.1, 0.15) is 57.7 Å². The maximum Gasteiger partial charge on any atom is 0.227 e. The highest BCUT2D eigenvalue weighted by atomic mass is 16.2. The lowest BCUT2D eigenvalue weighted by atomic mass is 9.98. The smallest absolute Gasteiger partial charge is 0.227 e. The number of carbonyl (C=O) groups is 2. The van der Waals surface area contributed by atoms with Gasteiger partial charge in [0.2, 0.25) is 17.8 Å². The SMILES string of the molecule is CC(C)NC(=O)CCCC(=O)Nc1nc(C2CCNCC2)nn1C. The van der Waals surface area contributed by atoms with E-state index in [1.165, 1.54) is 0 Å². The van der Waals surface area contributed by atoms with Crippen LogP contribution in [-0.2, 0) is 16.6 Å². The third kappa shape index (κ3) is 5.59. The van der Waals surface area contributed by atoms with E-state index in [0.717, 1.165) is 31.8 Å². The van der Waals surface area contributed by atoms with Gasteiger partial charge in [-0.15, -0.1) is 0 Å². The number of anilines is 1. The van der Waals surface area contributed by atoms with Gasteiger partial charge in [-0.3, -0.25) is 14.9 Å². The van der Waals surface area contributed by atoms with E-state index < -0.39 is 0 Å². The third-order valence-corrected chi connectivity index (χ3v) is 3.99. The fraction of sp³-hybridized carbons (Fsp3) is 0.750. The molecule has 0 radical (unpaired) electrons. The van der Waals surface area contributed by atoms with E-state index in [-0.39, 0.29) is 17.9 Å². The van der Waals surface area contributed by atoms with Crippen molar-refractivity contribution >= 4 is 17.8 Å². The van der Waals surface area contributed by atoms with Gasteiger partial charge in [-0.2, -0.15) is 10.1 Å². The summed E-state index contributed by atoms with van der Waals surface area (Å²) in [5.41, 5.74) is 0. The number of piperidine rings is 1. The van der Waals surface area contributed by atoms with Crippen LogP contribution in [0.5, 0.6) is 0 Å². The van der Waals surface area contributed by atoms with Crippen molar-refractivity contribution in [3.63, 3.8) is 0 Å². The van der Waals surface area contributed by atoms with Crippen molar-refractivity contribution in [3.05, 3.63) is 5.82 Å². The summed E-state index contributed by atoms with van der Waals surface area (Å²) >= 11 is 0. The van der Waals surface area contributed by atoms with Crippen LogP contribution >= 0.6 is 0 Å². The molecule has 0 aliphatic carbocycles. The Bertz CT molecular complexity index is 563. The zero-order valence-corrected chi connectivity index (χ0v) is 14.8. The first-order valence-corrected chi connectivity index (χ1v) is 8.66. The molecular formula is C16H28N6O2. The van der Waals surface area contributed by atoms with Crippen molar-refractivity contribution in [2.75, 3.05) is 18.4 Å². The molecule has 1 fully saturated rings. The Morgan fingerprint density at radius 3 is 2.58 bits per heavy atom. The van der Waals surface area contributed by atoms with E-state index in [0.29, 0.717) is 31.1 Å². The number of nitrogens with one attached hydrogen (secondary N) is 3. The highest BCUT2D eigenvalue weighted by molar-refractivity contribution is 5.89. The van der Waals surface area contributed by atoms with E-state index in [1.54, 1.807) is 11.7 Å². The van der Waals surface area contributed by atoms with Crippen LogP contribution in [0.2, 0.25) is 0 Å². The van der Waals surface area contributed by atoms with Crippen molar-refractivity contribution in [1.29, 1.82) is 0 Å². The molecule has 0 aromatic carbocycles. The topological polar surface area (TPSA) is 101 Å². The summed E-state index contributed by atoms with van der Waals surface area (Å²) in [7, 11) is 1.78. The molecule has 1 aliphatic heterocycles. The Morgan fingerprint density at radius 1 is 1.25 bits per heavy atom. The second-order valence-corrected chi connectivity index (χ2v) is 6.57. The van der Waals surface area contributed by atoms with Gasteiger partial charge in [0.05, 0.1) is 0 Å². The number of amides is 2. The Balaban J connectivity index is 1.79.